The number of anilines is 2. The highest BCUT2D eigenvalue weighted by Gasteiger charge is 2.14. The lowest BCUT2D eigenvalue weighted by molar-refractivity contribution is 0.123. The Balaban J connectivity index is 2.19. The molecule has 0 radical (unpaired) electrons. The number of benzene rings is 1. The lowest BCUT2D eigenvalue weighted by atomic mass is 10.2. The molecular weight excluding hydrogens is 242 g/mol. The normalized spacial score (nSPS) is 14.1. The fraction of sp³-hybridized carbons (Fsp3) is 0.308. The van der Waals surface area contributed by atoms with Crippen LogP contribution in [0.4, 0.5) is 11.4 Å². The lowest BCUT2D eigenvalue weighted by Gasteiger charge is -2.30. The van der Waals surface area contributed by atoms with Gasteiger partial charge in [-0.05, 0) is 12.1 Å². The van der Waals surface area contributed by atoms with E-state index in [9.17, 15) is 0 Å². The van der Waals surface area contributed by atoms with E-state index in [-0.39, 0.29) is 5.71 Å². The Morgan fingerprint density at radius 1 is 1.21 bits per heavy atom. The maximum absolute atomic E-state index is 8.65. The van der Waals surface area contributed by atoms with Crippen LogP contribution in [0.1, 0.15) is 0 Å². The third-order valence-electron chi connectivity index (χ3n) is 2.76. The largest absolute Gasteiger partial charge is 0.378 e. The van der Waals surface area contributed by atoms with E-state index in [2.05, 4.69) is 15.4 Å². The molecule has 0 unspecified atom stereocenters. The minimum atomic E-state index is -0.197. The highest BCUT2D eigenvalue weighted by atomic mass is 16.5. The summed E-state index contributed by atoms with van der Waals surface area (Å²) < 4.78 is 5.32. The van der Waals surface area contributed by atoms with Gasteiger partial charge in [0.2, 0.25) is 5.71 Å². The van der Waals surface area contributed by atoms with Crippen LogP contribution in [0.25, 0.3) is 0 Å². The van der Waals surface area contributed by atoms with E-state index in [1.54, 1.807) is 12.1 Å². The Kier molecular flexibility index (Phi) is 4.33. The van der Waals surface area contributed by atoms with Crippen molar-refractivity contribution in [1.29, 1.82) is 10.5 Å². The van der Waals surface area contributed by atoms with Gasteiger partial charge in [0.15, 0.2) is 0 Å². The highest BCUT2D eigenvalue weighted by molar-refractivity contribution is 6.10. The zero-order chi connectivity index (χ0) is 13.5. The van der Waals surface area contributed by atoms with Crippen LogP contribution < -0.4 is 10.3 Å². The fourth-order valence-corrected chi connectivity index (χ4v) is 1.84. The van der Waals surface area contributed by atoms with Gasteiger partial charge >= 0.3 is 0 Å². The summed E-state index contributed by atoms with van der Waals surface area (Å²) in [6, 6.07) is 11.1. The zero-order valence-corrected chi connectivity index (χ0v) is 10.3. The Hall–Kier alpha value is -2.57. The van der Waals surface area contributed by atoms with Gasteiger partial charge in [0, 0.05) is 13.1 Å². The number of rotatable bonds is 3. The van der Waals surface area contributed by atoms with Crippen molar-refractivity contribution >= 4 is 17.1 Å². The van der Waals surface area contributed by atoms with Crippen molar-refractivity contribution in [2.75, 3.05) is 36.6 Å². The van der Waals surface area contributed by atoms with E-state index < -0.39 is 0 Å². The van der Waals surface area contributed by atoms with Gasteiger partial charge in [-0.15, -0.1) is 0 Å². The topological polar surface area (TPSA) is 84.4 Å². The number of morpholine rings is 1. The Labute approximate surface area is 111 Å². The molecule has 0 spiro atoms. The number of nitrogens with one attached hydrogen (secondary N) is 1. The van der Waals surface area contributed by atoms with Crippen LogP contribution in [0.15, 0.2) is 29.4 Å². The van der Waals surface area contributed by atoms with E-state index in [0.29, 0.717) is 13.2 Å². The quantitative estimate of drug-likeness (QED) is 0.650. The second kappa shape index (κ2) is 6.39. The molecule has 1 saturated heterocycles. The van der Waals surface area contributed by atoms with Gasteiger partial charge < -0.3 is 9.64 Å². The van der Waals surface area contributed by atoms with Gasteiger partial charge in [0.1, 0.15) is 12.1 Å². The molecular formula is C13H13N5O. The molecule has 96 valence electrons. The summed E-state index contributed by atoms with van der Waals surface area (Å²) >= 11 is 0. The average Bonchev–Trinajstić information content (AvgIpc) is 2.49. The third-order valence-corrected chi connectivity index (χ3v) is 2.76. The minimum Gasteiger partial charge on any atom is -0.378 e. The van der Waals surface area contributed by atoms with Gasteiger partial charge in [-0.2, -0.15) is 15.6 Å². The summed E-state index contributed by atoms with van der Waals surface area (Å²) in [4.78, 5) is 2.18. The summed E-state index contributed by atoms with van der Waals surface area (Å²) in [5.74, 6) is 0. The molecule has 0 bridgehead atoms. The van der Waals surface area contributed by atoms with Crippen molar-refractivity contribution in [3.05, 3.63) is 24.3 Å². The fourth-order valence-electron chi connectivity index (χ4n) is 1.84. The SMILES string of the molecule is N#CC(C#N)=NNc1ccccc1N1CCOCC1. The Bertz CT molecular complexity index is 533. The van der Waals surface area contributed by atoms with Crippen LogP contribution in [0, 0.1) is 22.7 Å². The van der Waals surface area contributed by atoms with Crippen molar-refractivity contribution in [1.82, 2.24) is 0 Å². The number of ether oxygens (including phenoxy) is 1. The smallest absolute Gasteiger partial charge is 0.237 e. The second-order valence-corrected chi connectivity index (χ2v) is 3.91. The molecule has 1 aliphatic rings. The van der Waals surface area contributed by atoms with Crippen LogP contribution in [0.2, 0.25) is 0 Å². The molecule has 19 heavy (non-hydrogen) atoms. The third kappa shape index (κ3) is 3.21. The summed E-state index contributed by atoms with van der Waals surface area (Å²) in [5.41, 5.74) is 4.34. The predicted molar refractivity (Wildman–Crippen MR) is 71.8 cm³/mol. The Morgan fingerprint density at radius 3 is 2.58 bits per heavy atom. The molecule has 6 heteroatoms. The summed E-state index contributed by atoms with van der Waals surface area (Å²) in [6.45, 7) is 3.01. The van der Waals surface area contributed by atoms with Gasteiger partial charge in [0.25, 0.3) is 0 Å². The molecule has 0 aliphatic carbocycles. The first-order valence-corrected chi connectivity index (χ1v) is 5.91. The number of nitrogens with zero attached hydrogens (tertiary/aromatic N) is 4. The number of para-hydroxylation sites is 2. The van der Waals surface area contributed by atoms with Gasteiger partial charge in [-0.25, -0.2) is 0 Å². The summed E-state index contributed by atoms with van der Waals surface area (Å²) in [7, 11) is 0. The van der Waals surface area contributed by atoms with Crippen molar-refractivity contribution < 1.29 is 4.74 Å². The number of hydrazone groups is 1. The molecule has 1 heterocycles. The molecule has 0 saturated carbocycles. The maximum atomic E-state index is 8.65. The van der Waals surface area contributed by atoms with Crippen LogP contribution >= 0.6 is 0 Å². The molecule has 0 atom stereocenters. The van der Waals surface area contributed by atoms with Gasteiger partial charge in [-0.1, -0.05) is 12.1 Å². The molecule has 0 amide bonds. The van der Waals surface area contributed by atoms with Gasteiger partial charge in [-0.3, -0.25) is 5.43 Å². The second-order valence-electron chi connectivity index (χ2n) is 3.91. The van der Waals surface area contributed by atoms with Crippen molar-refractivity contribution in [3.8, 4) is 12.1 Å². The maximum Gasteiger partial charge on any atom is 0.237 e. The Morgan fingerprint density at radius 2 is 1.89 bits per heavy atom. The van der Waals surface area contributed by atoms with Crippen molar-refractivity contribution in [2.24, 2.45) is 5.10 Å². The first kappa shape index (κ1) is 12.9. The minimum absolute atomic E-state index is 0.197. The van der Waals surface area contributed by atoms with Crippen molar-refractivity contribution in [2.45, 2.75) is 0 Å². The summed E-state index contributed by atoms with van der Waals surface area (Å²) in [5, 5.41) is 21.1. The van der Waals surface area contributed by atoms with Crippen LogP contribution in [-0.4, -0.2) is 32.0 Å². The lowest BCUT2D eigenvalue weighted by Crippen LogP contribution is -2.36. The van der Waals surface area contributed by atoms with E-state index >= 15 is 0 Å². The standard InChI is InChI=1S/C13H13N5O/c14-9-11(10-15)16-17-12-3-1-2-4-13(12)18-5-7-19-8-6-18/h1-4,17H,5-8H2. The average molecular weight is 255 g/mol. The van der Waals surface area contributed by atoms with Crippen LogP contribution in [0.3, 0.4) is 0 Å². The van der Waals surface area contributed by atoms with Crippen LogP contribution in [0.5, 0.6) is 0 Å². The number of nitriles is 2. The molecule has 1 N–H and O–H groups in total. The molecule has 1 fully saturated rings. The predicted octanol–water partition coefficient (Wildman–Crippen LogP) is 1.34. The molecule has 1 aromatic rings. The molecule has 2 rings (SSSR count). The highest BCUT2D eigenvalue weighted by Crippen LogP contribution is 2.26. The van der Waals surface area contributed by atoms with Crippen molar-refractivity contribution in [3.63, 3.8) is 0 Å². The van der Waals surface area contributed by atoms with Gasteiger partial charge in [0.05, 0.1) is 24.6 Å². The van der Waals surface area contributed by atoms with E-state index in [1.165, 1.54) is 0 Å². The molecule has 1 aromatic carbocycles. The first-order valence-electron chi connectivity index (χ1n) is 5.91. The van der Waals surface area contributed by atoms with E-state index in [4.69, 9.17) is 15.3 Å². The summed E-state index contributed by atoms with van der Waals surface area (Å²) in [6.07, 6.45) is 0. The molecule has 1 aliphatic heterocycles. The van der Waals surface area contributed by atoms with Crippen LogP contribution in [-0.2, 0) is 4.74 Å². The molecule has 6 nitrogen and oxygen atoms in total. The number of hydrogen-bond acceptors (Lipinski definition) is 6. The first-order chi connectivity index (χ1) is 9.35. The van der Waals surface area contributed by atoms with E-state index in [1.807, 2.05) is 24.3 Å². The number of hydrogen-bond donors (Lipinski definition) is 1. The van der Waals surface area contributed by atoms with E-state index in [0.717, 1.165) is 24.5 Å². The zero-order valence-electron chi connectivity index (χ0n) is 10.3. The molecule has 0 aromatic heterocycles. The monoisotopic (exact) mass is 255 g/mol.